The lowest BCUT2D eigenvalue weighted by atomic mass is 10.0. The summed E-state index contributed by atoms with van der Waals surface area (Å²) in [5.41, 5.74) is 4.94. The summed E-state index contributed by atoms with van der Waals surface area (Å²) < 4.78 is 38.7. The van der Waals surface area contributed by atoms with E-state index < -0.39 is 11.7 Å². The van der Waals surface area contributed by atoms with Gasteiger partial charge in [-0.25, -0.2) is 0 Å². The number of rotatable bonds is 3. The minimum atomic E-state index is -4.30. The van der Waals surface area contributed by atoms with Gasteiger partial charge in [0.25, 0.3) is 0 Å². The summed E-state index contributed by atoms with van der Waals surface area (Å²) >= 11 is 0. The van der Waals surface area contributed by atoms with E-state index in [9.17, 15) is 13.2 Å². The van der Waals surface area contributed by atoms with Crippen LogP contribution in [0, 0.1) is 0 Å². The predicted molar refractivity (Wildman–Crippen MR) is 90.8 cm³/mol. The summed E-state index contributed by atoms with van der Waals surface area (Å²) in [4.78, 5) is 0. The molecule has 1 aliphatic rings. The average Bonchev–Trinajstić information content (AvgIpc) is 2.94. The highest BCUT2D eigenvalue weighted by atomic mass is 19.4. The number of quaternary nitrogens is 1. The lowest BCUT2D eigenvalue weighted by Gasteiger charge is -2.13. The topological polar surface area (TPSA) is 16.6 Å². The van der Waals surface area contributed by atoms with Gasteiger partial charge in [0.05, 0.1) is 5.56 Å². The number of fused-ring (bicyclic) bond motifs is 3. The van der Waals surface area contributed by atoms with Crippen molar-refractivity contribution in [2.45, 2.75) is 18.8 Å². The quantitative estimate of drug-likeness (QED) is 0.721. The second-order valence-electron chi connectivity index (χ2n) is 6.29. The summed E-state index contributed by atoms with van der Waals surface area (Å²) in [6.45, 7) is 0.497. The Morgan fingerprint density at radius 2 is 1.36 bits per heavy atom. The maximum atomic E-state index is 12.9. The highest BCUT2D eigenvalue weighted by Crippen LogP contribution is 2.41. The molecule has 3 aromatic carbocycles. The van der Waals surface area contributed by atoms with Crippen LogP contribution in [0.25, 0.3) is 11.1 Å². The molecule has 0 aliphatic heterocycles. The molecule has 1 aliphatic carbocycles. The Labute approximate surface area is 144 Å². The zero-order chi connectivity index (χ0) is 17.4. The first-order valence-electron chi connectivity index (χ1n) is 8.22. The summed E-state index contributed by atoms with van der Waals surface area (Å²) in [6, 6.07) is 22.2. The number of hydrogen-bond acceptors (Lipinski definition) is 0. The Morgan fingerprint density at radius 3 is 1.96 bits per heavy atom. The molecule has 0 spiro atoms. The van der Waals surface area contributed by atoms with Gasteiger partial charge in [-0.3, -0.25) is 0 Å². The Bertz CT molecular complexity index is 869. The van der Waals surface area contributed by atoms with Gasteiger partial charge in [0.1, 0.15) is 12.6 Å². The van der Waals surface area contributed by atoms with E-state index in [1.165, 1.54) is 34.4 Å². The summed E-state index contributed by atoms with van der Waals surface area (Å²) in [5.74, 6) is 0. The molecule has 0 bridgehead atoms. The van der Waals surface area contributed by atoms with E-state index in [4.69, 9.17) is 0 Å². The molecule has 0 saturated carbocycles. The molecule has 0 radical (unpaired) electrons. The molecule has 0 atom stereocenters. The monoisotopic (exact) mass is 340 g/mol. The van der Waals surface area contributed by atoms with Crippen molar-refractivity contribution in [3.63, 3.8) is 0 Å². The molecule has 0 aromatic heterocycles. The second-order valence-corrected chi connectivity index (χ2v) is 6.29. The van der Waals surface area contributed by atoms with Crippen LogP contribution in [0.5, 0.6) is 0 Å². The van der Waals surface area contributed by atoms with E-state index in [1.807, 2.05) is 24.3 Å². The third-order valence-corrected chi connectivity index (χ3v) is 4.73. The molecule has 25 heavy (non-hydrogen) atoms. The van der Waals surface area contributed by atoms with Crippen molar-refractivity contribution in [2.24, 2.45) is 0 Å². The zero-order valence-electron chi connectivity index (χ0n) is 13.4. The number of alkyl halides is 3. The van der Waals surface area contributed by atoms with Crippen LogP contribution in [0.4, 0.5) is 13.2 Å². The normalized spacial score (nSPS) is 13.6. The van der Waals surface area contributed by atoms with Crippen molar-refractivity contribution in [3.05, 3.63) is 95.1 Å². The van der Waals surface area contributed by atoms with Gasteiger partial charge in [0.2, 0.25) is 0 Å². The highest BCUT2D eigenvalue weighted by Gasteiger charge is 2.32. The van der Waals surface area contributed by atoms with E-state index >= 15 is 0 Å². The van der Waals surface area contributed by atoms with Gasteiger partial charge >= 0.3 is 6.18 Å². The van der Waals surface area contributed by atoms with Crippen LogP contribution in [0.15, 0.2) is 72.8 Å². The lowest BCUT2D eigenvalue weighted by molar-refractivity contribution is -0.701. The van der Waals surface area contributed by atoms with Crippen molar-refractivity contribution in [2.75, 3.05) is 0 Å². The Balaban J connectivity index is 1.62. The van der Waals surface area contributed by atoms with E-state index in [1.54, 1.807) is 6.07 Å². The molecular formula is C21H17F3N+. The lowest BCUT2D eigenvalue weighted by Crippen LogP contribution is -2.83. The van der Waals surface area contributed by atoms with Gasteiger partial charge in [0, 0.05) is 16.7 Å². The maximum absolute atomic E-state index is 12.9. The second kappa shape index (κ2) is 6.05. The van der Waals surface area contributed by atoms with E-state index in [0.717, 1.165) is 6.07 Å². The molecule has 0 saturated heterocycles. The fourth-order valence-electron chi connectivity index (χ4n) is 3.58. The largest absolute Gasteiger partial charge is 0.416 e. The standard InChI is InChI=1S/C21H16F3N/c22-21(23,24)15-7-5-6-14(12-15)13-25-20-18-10-3-1-8-16(18)17-9-2-4-11-19(17)20/h1-12,20,25H,13H2/p+1. The van der Waals surface area contributed by atoms with Crippen LogP contribution in [-0.2, 0) is 12.7 Å². The van der Waals surface area contributed by atoms with Gasteiger partial charge in [-0.2, -0.15) is 13.2 Å². The van der Waals surface area contributed by atoms with E-state index in [-0.39, 0.29) is 6.04 Å². The van der Waals surface area contributed by atoms with Crippen LogP contribution in [0.1, 0.15) is 28.3 Å². The third-order valence-electron chi connectivity index (χ3n) is 4.73. The van der Waals surface area contributed by atoms with Crippen LogP contribution in [0.3, 0.4) is 0 Å². The van der Waals surface area contributed by atoms with Crippen molar-refractivity contribution in [1.82, 2.24) is 0 Å². The third kappa shape index (κ3) is 2.94. The van der Waals surface area contributed by atoms with Crippen molar-refractivity contribution in [1.29, 1.82) is 0 Å². The first-order chi connectivity index (χ1) is 12.0. The van der Waals surface area contributed by atoms with Crippen LogP contribution < -0.4 is 5.32 Å². The molecule has 0 unspecified atom stereocenters. The van der Waals surface area contributed by atoms with Crippen molar-refractivity contribution >= 4 is 0 Å². The fourth-order valence-corrected chi connectivity index (χ4v) is 3.58. The Morgan fingerprint density at radius 1 is 0.760 bits per heavy atom. The number of benzene rings is 3. The predicted octanol–water partition coefficient (Wildman–Crippen LogP) is 4.54. The molecule has 0 heterocycles. The summed E-state index contributed by atoms with van der Waals surface area (Å²) in [6.07, 6.45) is -4.30. The SMILES string of the molecule is FC(F)(F)c1cccc(C[NH2+]C2c3ccccc3-c3ccccc32)c1. The van der Waals surface area contributed by atoms with Gasteiger partial charge in [-0.15, -0.1) is 0 Å². The Kier molecular flexibility index (Phi) is 3.85. The van der Waals surface area contributed by atoms with E-state index in [0.29, 0.717) is 12.1 Å². The molecule has 0 amide bonds. The Hall–Kier alpha value is -2.59. The van der Waals surface area contributed by atoms with Crippen LogP contribution in [-0.4, -0.2) is 0 Å². The minimum absolute atomic E-state index is 0.113. The molecule has 1 nitrogen and oxygen atoms in total. The van der Waals surface area contributed by atoms with Gasteiger partial charge in [-0.05, 0) is 23.3 Å². The smallest absolute Gasteiger partial charge is 0.332 e. The van der Waals surface area contributed by atoms with Crippen molar-refractivity contribution in [3.8, 4) is 11.1 Å². The first-order valence-corrected chi connectivity index (χ1v) is 8.22. The van der Waals surface area contributed by atoms with Gasteiger partial charge < -0.3 is 5.32 Å². The van der Waals surface area contributed by atoms with Crippen LogP contribution >= 0.6 is 0 Å². The first kappa shape index (κ1) is 15.9. The molecule has 126 valence electrons. The molecule has 4 rings (SSSR count). The summed E-state index contributed by atoms with van der Waals surface area (Å²) in [7, 11) is 0. The van der Waals surface area contributed by atoms with Crippen molar-refractivity contribution < 1.29 is 18.5 Å². The minimum Gasteiger partial charge on any atom is -0.332 e. The number of hydrogen-bond donors (Lipinski definition) is 1. The fraction of sp³-hybridized carbons (Fsp3) is 0.143. The molecule has 0 fully saturated rings. The molecule has 3 aromatic rings. The zero-order valence-corrected chi connectivity index (χ0v) is 13.4. The molecule has 2 N–H and O–H groups in total. The van der Waals surface area contributed by atoms with Crippen LogP contribution in [0.2, 0.25) is 0 Å². The summed E-state index contributed by atoms with van der Waals surface area (Å²) in [5, 5.41) is 2.11. The molecular weight excluding hydrogens is 323 g/mol. The van der Waals surface area contributed by atoms with Gasteiger partial charge in [-0.1, -0.05) is 60.7 Å². The number of nitrogens with two attached hydrogens (primary N) is 1. The van der Waals surface area contributed by atoms with Gasteiger partial charge in [0.15, 0.2) is 0 Å². The average molecular weight is 340 g/mol. The van der Waals surface area contributed by atoms with E-state index in [2.05, 4.69) is 29.6 Å². The molecule has 4 heteroatoms. The maximum Gasteiger partial charge on any atom is 0.416 e. The number of halogens is 3. The highest BCUT2D eigenvalue weighted by molar-refractivity contribution is 5.77.